The number of benzene rings is 1. The van der Waals surface area contributed by atoms with Gasteiger partial charge >= 0.3 is 0 Å². The van der Waals surface area contributed by atoms with Crippen LogP contribution in [0.25, 0.3) is 0 Å². The third-order valence-corrected chi connectivity index (χ3v) is 4.18. The Morgan fingerprint density at radius 2 is 2.05 bits per heavy atom. The normalized spacial score (nSPS) is 20.0. The summed E-state index contributed by atoms with van der Waals surface area (Å²) in [7, 11) is 0. The van der Waals surface area contributed by atoms with Crippen molar-refractivity contribution in [3.8, 4) is 5.75 Å². The first kappa shape index (κ1) is 17.4. The van der Waals surface area contributed by atoms with Gasteiger partial charge in [0.25, 0.3) is 0 Å². The highest BCUT2D eigenvalue weighted by Crippen LogP contribution is 2.27. The molecule has 2 heterocycles. The molecule has 0 bridgehead atoms. The van der Waals surface area contributed by atoms with E-state index in [1.54, 1.807) is 0 Å². The summed E-state index contributed by atoms with van der Waals surface area (Å²) in [5, 5.41) is 5.04. The van der Waals surface area contributed by atoms with Gasteiger partial charge < -0.3 is 9.57 Å². The lowest BCUT2D eigenvalue weighted by atomic mass is 10.1. The number of fused-ring (bicyclic) bond motifs is 1. The van der Waals surface area contributed by atoms with Gasteiger partial charge in [0.05, 0.1) is 12.3 Å². The monoisotopic (exact) mass is 344 g/mol. The number of likely N-dealkylation sites (tertiary alicyclic amines) is 1. The molecule has 0 atom stereocenters. The zero-order valence-electron chi connectivity index (χ0n) is 12.6. The van der Waals surface area contributed by atoms with E-state index in [1.807, 2.05) is 18.2 Å². The van der Waals surface area contributed by atoms with Gasteiger partial charge in [-0.1, -0.05) is 16.8 Å². The molecule has 0 amide bonds. The number of rotatable bonds is 4. The Hall–Kier alpha value is -0.970. The van der Waals surface area contributed by atoms with E-state index in [0.717, 1.165) is 36.4 Å². The lowest BCUT2D eigenvalue weighted by molar-refractivity contribution is 0.118. The van der Waals surface area contributed by atoms with Crippen LogP contribution in [0.3, 0.4) is 0 Å². The highest BCUT2D eigenvalue weighted by Gasteiger charge is 2.16. The van der Waals surface area contributed by atoms with Gasteiger partial charge in [0.1, 0.15) is 12.4 Å². The van der Waals surface area contributed by atoms with E-state index in [4.69, 9.17) is 21.2 Å². The first-order valence-corrected chi connectivity index (χ1v) is 8.04. The quantitative estimate of drug-likeness (QED) is 0.616. The molecule has 1 saturated heterocycles. The summed E-state index contributed by atoms with van der Waals surface area (Å²) in [5.41, 5.74) is 1.90. The lowest BCUT2D eigenvalue weighted by Gasteiger charge is -2.13. The molecule has 4 nitrogen and oxygen atoms in total. The topological polar surface area (TPSA) is 34.1 Å². The molecule has 0 radical (unpaired) electrons. The summed E-state index contributed by atoms with van der Waals surface area (Å²) in [5.74, 6) is 0.846. The molecule has 2 aliphatic rings. The van der Waals surface area contributed by atoms with Crippen molar-refractivity contribution in [1.29, 1.82) is 0 Å². The molecule has 2 aliphatic heterocycles. The Labute approximate surface area is 142 Å². The average Bonchev–Trinajstić information content (AvgIpc) is 2.92. The van der Waals surface area contributed by atoms with Crippen LogP contribution in [0.2, 0.25) is 5.02 Å². The van der Waals surface area contributed by atoms with Crippen LogP contribution in [0.1, 0.15) is 31.2 Å². The van der Waals surface area contributed by atoms with Crippen molar-refractivity contribution in [2.75, 3.05) is 32.8 Å². The molecule has 122 valence electrons. The third-order valence-electron chi connectivity index (χ3n) is 3.94. The van der Waals surface area contributed by atoms with Gasteiger partial charge in [-0.25, -0.2) is 0 Å². The molecule has 0 aromatic heterocycles. The molecule has 0 saturated carbocycles. The fourth-order valence-corrected chi connectivity index (χ4v) is 2.98. The second kappa shape index (κ2) is 8.61. The predicted molar refractivity (Wildman–Crippen MR) is 91.6 cm³/mol. The van der Waals surface area contributed by atoms with Crippen LogP contribution in [-0.4, -0.2) is 43.5 Å². The molecular formula is C16H22Cl2N2O2. The van der Waals surface area contributed by atoms with Crippen molar-refractivity contribution in [1.82, 2.24) is 4.90 Å². The molecule has 1 aromatic rings. The number of halogens is 2. The fourth-order valence-electron chi connectivity index (χ4n) is 2.80. The third kappa shape index (κ3) is 4.51. The van der Waals surface area contributed by atoms with E-state index < -0.39 is 0 Å². The van der Waals surface area contributed by atoms with Gasteiger partial charge in [-0.05, 0) is 57.0 Å². The Bertz CT molecular complexity index is 517. The van der Waals surface area contributed by atoms with Gasteiger partial charge in [-0.15, -0.1) is 12.4 Å². The van der Waals surface area contributed by atoms with Crippen molar-refractivity contribution in [2.45, 2.75) is 25.7 Å². The second-order valence-electron chi connectivity index (χ2n) is 5.51. The van der Waals surface area contributed by atoms with Crippen LogP contribution >= 0.6 is 24.0 Å². The van der Waals surface area contributed by atoms with Crippen molar-refractivity contribution >= 4 is 29.7 Å². The first-order chi connectivity index (χ1) is 10.3. The second-order valence-corrected chi connectivity index (χ2v) is 5.95. The minimum Gasteiger partial charge on any atom is -0.493 e. The lowest BCUT2D eigenvalue weighted by Crippen LogP contribution is -2.23. The molecular weight excluding hydrogens is 323 g/mol. The van der Waals surface area contributed by atoms with Crippen LogP contribution in [0.15, 0.2) is 23.4 Å². The highest BCUT2D eigenvalue weighted by atomic mass is 35.5. The molecule has 1 fully saturated rings. The Morgan fingerprint density at radius 3 is 2.86 bits per heavy atom. The van der Waals surface area contributed by atoms with E-state index in [9.17, 15) is 0 Å². The number of ether oxygens (including phenoxy) is 1. The van der Waals surface area contributed by atoms with Gasteiger partial charge in [-0.2, -0.15) is 0 Å². The molecule has 3 rings (SSSR count). The van der Waals surface area contributed by atoms with E-state index in [0.29, 0.717) is 18.2 Å². The van der Waals surface area contributed by atoms with Gasteiger partial charge in [0, 0.05) is 17.1 Å². The Morgan fingerprint density at radius 1 is 1.23 bits per heavy atom. The molecule has 22 heavy (non-hydrogen) atoms. The number of nitrogens with zero attached hydrogens (tertiary/aromatic N) is 2. The zero-order valence-corrected chi connectivity index (χ0v) is 14.2. The molecule has 0 spiro atoms. The molecule has 0 unspecified atom stereocenters. The van der Waals surface area contributed by atoms with E-state index in [-0.39, 0.29) is 12.4 Å². The minimum atomic E-state index is 0. The van der Waals surface area contributed by atoms with Crippen LogP contribution in [-0.2, 0) is 4.84 Å². The SMILES string of the molecule is Cl.Clc1ccc2c(c1)/C(=N/OCCN1CCCC1)CCCO2. The Balaban J connectivity index is 0.00000176. The number of oxime groups is 1. The van der Waals surface area contributed by atoms with Crippen LogP contribution in [0.4, 0.5) is 0 Å². The maximum Gasteiger partial charge on any atom is 0.129 e. The van der Waals surface area contributed by atoms with Crippen molar-refractivity contribution in [2.24, 2.45) is 5.16 Å². The minimum absolute atomic E-state index is 0. The maximum atomic E-state index is 6.08. The standard InChI is InChI=1S/C16H21ClN2O2.ClH/c17-13-5-6-16-14(12-13)15(4-3-10-20-16)18-21-11-9-19-7-1-2-8-19;/h5-6,12H,1-4,7-11H2;1H/b18-15+;. The predicted octanol–water partition coefficient (Wildman–Crippen LogP) is 3.75. The largest absolute Gasteiger partial charge is 0.493 e. The van der Waals surface area contributed by atoms with Crippen LogP contribution in [0.5, 0.6) is 5.75 Å². The summed E-state index contributed by atoms with van der Waals surface area (Å²) < 4.78 is 5.72. The highest BCUT2D eigenvalue weighted by molar-refractivity contribution is 6.31. The van der Waals surface area contributed by atoms with E-state index >= 15 is 0 Å². The Kier molecular flexibility index (Phi) is 6.80. The van der Waals surface area contributed by atoms with Gasteiger partial charge in [0.15, 0.2) is 0 Å². The fraction of sp³-hybridized carbons (Fsp3) is 0.562. The zero-order chi connectivity index (χ0) is 14.5. The van der Waals surface area contributed by atoms with Crippen molar-refractivity contribution in [3.05, 3.63) is 28.8 Å². The molecule has 0 N–H and O–H groups in total. The number of hydrogen-bond acceptors (Lipinski definition) is 4. The van der Waals surface area contributed by atoms with Crippen molar-refractivity contribution < 1.29 is 9.57 Å². The molecule has 0 aliphatic carbocycles. The summed E-state index contributed by atoms with van der Waals surface area (Å²) in [6, 6.07) is 5.66. The summed E-state index contributed by atoms with van der Waals surface area (Å²) >= 11 is 6.08. The first-order valence-electron chi connectivity index (χ1n) is 7.67. The molecule has 6 heteroatoms. The summed E-state index contributed by atoms with van der Waals surface area (Å²) in [6.45, 7) is 4.68. The van der Waals surface area contributed by atoms with Crippen LogP contribution in [0, 0.1) is 0 Å². The van der Waals surface area contributed by atoms with Crippen molar-refractivity contribution in [3.63, 3.8) is 0 Å². The van der Waals surface area contributed by atoms with E-state index in [2.05, 4.69) is 10.1 Å². The van der Waals surface area contributed by atoms with E-state index in [1.165, 1.54) is 25.9 Å². The van der Waals surface area contributed by atoms with Crippen LogP contribution < -0.4 is 4.74 Å². The van der Waals surface area contributed by atoms with Gasteiger partial charge in [0.2, 0.25) is 0 Å². The number of hydrogen-bond donors (Lipinski definition) is 0. The summed E-state index contributed by atoms with van der Waals surface area (Å²) in [4.78, 5) is 7.95. The maximum absolute atomic E-state index is 6.08. The average molecular weight is 345 g/mol. The molecule has 1 aromatic carbocycles. The smallest absolute Gasteiger partial charge is 0.129 e. The van der Waals surface area contributed by atoms with Gasteiger partial charge in [-0.3, -0.25) is 4.90 Å². The summed E-state index contributed by atoms with van der Waals surface area (Å²) in [6.07, 6.45) is 4.41.